The number of hydrogen-bond donors (Lipinski definition) is 1. The second-order valence-corrected chi connectivity index (χ2v) is 7.95. The molecule has 1 aromatic carbocycles. The minimum atomic E-state index is -0.198. The first kappa shape index (κ1) is 20.0. The number of hydrogen-bond acceptors (Lipinski definition) is 7. The maximum absolute atomic E-state index is 12.3. The van der Waals surface area contributed by atoms with E-state index >= 15 is 0 Å². The van der Waals surface area contributed by atoms with Gasteiger partial charge in [-0.3, -0.25) is 4.79 Å². The molecule has 6 nitrogen and oxygen atoms in total. The normalized spacial score (nSPS) is 10.5. The molecule has 1 amide bonds. The maximum atomic E-state index is 12.3. The summed E-state index contributed by atoms with van der Waals surface area (Å²) in [5.41, 5.74) is 5.11. The molecule has 0 bridgehead atoms. The Hall–Kier alpha value is -2.76. The van der Waals surface area contributed by atoms with Gasteiger partial charge in [0.05, 0.1) is 22.7 Å². The van der Waals surface area contributed by atoms with Crippen molar-refractivity contribution in [2.24, 2.45) is 0 Å². The molecular weight excluding hydrogens is 390 g/mol. The van der Waals surface area contributed by atoms with Crippen molar-refractivity contribution >= 4 is 34.1 Å². The molecule has 0 spiro atoms. The number of nitriles is 1. The van der Waals surface area contributed by atoms with E-state index in [2.05, 4.69) is 45.6 Å². The highest BCUT2D eigenvalue weighted by Crippen LogP contribution is 2.26. The van der Waals surface area contributed by atoms with Crippen LogP contribution in [-0.2, 0) is 11.2 Å². The molecule has 0 aliphatic carbocycles. The smallest absolute Gasteiger partial charge is 0.236 e. The number of thioether (sulfide) groups is 1. The van der Waals surface area contributed by atoms with Crippen molar-refractivity contribution in [1.82, 2.24) is 15.2 Å². The molecule has 0 aliphatic heterocycles. The Balaban J connectivity index is 1.62. The van der Waals surface area contributed by atoms with Crippen LogP contribution in [0.4, 0.5) is 5.13 Å². The highest BCUT2D eigenvalue weighted by atomic mass is 32.2. The lowest BCUT2D eigenvalue weighted by atomic mass is 10.1. The van der Waals surface area contributed by atoms with Gasteiger partial charge in [-0.1, -0.05) is 43.0 Å². The minimum Gasteiger partial charge on any atom is -0.301 e. The Bertz CT molecular complexity index is 1040. The lowest BCUT2D eigenvalue weighted by molar-refractivity contribution is -0.113. The van der Waals surface area contributed by atoms with E-state index in [9.17, 15) is 10.1 Å². The fraction of sp³-hybridized carbons (Fsp3) is 0.250. The van der Waals surface area contributed by atoms with Crippen LogP contribution in [-0.4, -0.2) is 26.8 Å². The highest BCUT2D eigenvalue weighted by Gasteiger charge is 2.14. The van der Waals surface area contributed by atoms with Gasteiger partial charge in [-0.05, 0) is 31.4 Å². The molecule has 0 saturated heterocycles. The van der Waals surface area contributed by atoms with Gasteiger partial charge in [0, 0.05) is 10.9 Å². The number of carbonyl (C=O) groups excluding carboxylic acids is 1. The van der Waals surface area contributed by atoms with Crippen LogP contribution in [0.25, 0.3) is 11.3 Å². The number of aryl methyl sites for hydroxylation is 2. The van der Waals surface area contributed by atoms with Gasteiger partial charge >= 0.3 is 0 Å². The second kappa shape index (κ2) is 8.95. The average Bonchev–Trinajstić information content (AvgIpc) is 3.17. The van der Waals surface area contributed by atoms with Crippen LogP contribution < -0.4 is 5.32 Å². The van der Waals surface area contributed by atoms with E-state index in [1.165, 1.54) is 28.7 Å². The first-order chi connectivity index (χ1) is 13.5. The summed E-state index contributed by atoms with van der Waals surface area (Å²) in [4.78, 5) is 16.8. The summed E-state index contributed by atoms with van der Waals surface area (Å²) in [6.45, 7) is 5.75. The Morgan fingerprint density at radius 3 is 2.68 bits per heavy atom. The topological polar surface area (TPSA) is 91.6 Å². The number of carbonyl (C=O) groups is 1. The third-order valence-corrected chi connectivity index (χ3v) is 6.01. The molecule has 0 radical (unpaired) electrons. The molecule has 2 aromatic heterocycles. The summed E-state index contributed by atoms with van der Waals surface area (Å²) < 4.78 is 0. The van der Waals surface area contributed by atoms with Crippen LogP contribution in [0, 0.1) is 25.2 Å². The van der Waals surface area contributed by atoms with Crippen molar-refractivity contribution in [3.8, 4) is 17.3 Å². The van der Waals surface area contributed by atoms with Gasteiger partial charge in [0.1, 0.15) is 11.1 Å². The monoisotopic (exact) mass is 409 g/mol. The lowest BCUT2D eigenvalue weighted by Gasteiger charge is -2.06. The van der Waals surface area contributed by atoms with Gasteiger partial charge in [-0.2, -0.15) is 10.4 Å². The van der Waals surface area contributed by atoms with Crippen LogP contribution in [0.2, 0.25) is 0 Å². The van der Waals surface area contributed by atoms with Gasteiger partial charge in [-0.25, -0.2) is 4.98 Å². The summed E-state index contributed by atoms with van der Waals surface area (Å²) in [6, 6.07) is 10.4. The number of rotatable bonds is 6. The predicted octanol–water partition coefficient (Wildman–Crippen LogP) is 4.38. The Kier molecular flexibility index (Phi) is 6.39. The van der Waals surface area contributed by atoms with Gasteiger partial charge in [0.2, 0.25) is 5.91 Å². The van der Waals surface area contributed by atoms with Crippen LogP contribution in [0.5, 0.6) is 0 Å². The SMILES string of the molecule is CCc1ccc(-c2csc(NC(=O)CSc3nnc(C)c(C)c3C#N)n2)cc1. The molecule has 0 aliphatic rings. The maximum Gasteiger partial charge on any atom is 0.236 e. The van der Waals surface area contributed by atoms with Crippen LogP contribution >= 0.6 is 23.1 Å². The molecule has 2 heterocycles. The quantitative estimate of drug-likeness (QED) is 0.608. The van der Waals surface area contributed by atoms with E-state index in [4.69, 9.17) is 0 Å². The number of anilines is 1. The van der Waals surface area contributed by atoms with E-state index < -0.39 is 0 Å². The summed E-state index contributed by atoms with van der Waals surface area (Å²) in [7, 11) is 0. The van der Waals surface area contributed by atoms with Gasteiger partial charge in [-0.15, -0.1) is 16.4 Å². The van der Waals surface area contributed by atoms with E-state index in [0.717, 1.165) is 23.2 Å². The molecule has 3 rings (SSSR count). The molecular formula is C20H19N5OS2. The molecule has 8 heteroatoms. The molecule has 0 saturated carbocycles. The summed E-state index contributed by atoms with van der Waals surface area (Å²) >= 11 is 2.58. The summed E-state index contributed by atoms with van der Waals surface area (Å²) in [5, 5.41) is 23.2. The number of amides is 1. The lowest BCUT2D eigenvalue weighted by Crippen LogP contribution is -2.14. The third-order valence-electron chi connectivity index (χ3n) is 4.28. The van der Waals surface area contributed by atoms with Crippen LogP contribution in [0.15, 0.2) is 34.7 Å². The number of thiazole rings is 1. The zero-order valence-corrected chi connectivity index (χ0v) is 17.4. The first-order valence-electron chi connectivity index (χ1n) is 8.73. The van der Waals surface area contributed by atoms with Gasteiger partial charge < -0.3 is 5.32 Å². The van der Waals surface area contributed by atoms with Crippen molar-refractivity contribution < 1.29 is 4.79 Å². The minimum absolute atomic E-state index is 0.131. The summed E-state index contributed by atoms with van der Waals surface area (Å²) in [6.07, 6.45) is 0.995. The van der Waals surface area contributed by atoms with Gasteiger partial charge in [0.25, 0.3) is 0 Å². The van der Waals surface area contributed by atoms with E-state index in [1.807, 2.05) is 24.4 Å². The number of nitrogens with one attached hydrogen (secondary N) is 1. The molecule has 142 valence electrons. The number of aromatic nitrogens is 3. The fourth-order valence-electron chi connectivity index (χ4n) is 2.48. The van der Waals surface area contributed by atoms with Crippen molar-refractivity contribution in [3.63, 3.8) is 0 Å². The number of benzene rings is 1. The van der Waals surface area contributed by atoms with E-state index in [0.29, 0.717) is 21.4 Å². The molecule has 0 unspecified atom stereocenters. The van der Waals surface area contributed by atoms with Crippen LogP contribution in [0.3, 0.4) is 0 Å². The zero-order valence-electron chi connectivity index (χ0n) is 15.8. The van der Waals surface area contributed by atoms with Crippen molar-refractivity contribution in [3.05, 3.63) is 52.0 Å². The van der Waals surface area contributed by atoms with Gasteiger partial charge in [0.15, 0.2) is 5.13 Å². The Morgan fingerprint density at radius 2 is 2.00 bits per heavy atom. The van der Waals surface area contributed by atoms with E-state index in [-0.39, 0.29) is 11.7 Å². The number of nitrogens with zero attached hydrogens (tertiary/aromatic N) is 4. The average molecular weight is 410 g/mol. The molecule has 0 fully saturated rings. The largest absolute Gasteiger partial charge is 0.301 e. The van der Waals surface area contributed by atoms with Crippen molar-refractivity contribution in [2.45, 2.75) is 32.2 Å². The van der Waals surface area contributed by atoms with Crippen molar-refractivity contribution in [2.75, 3.05) is 11.1 Å². The molecule has 3 aromatic rings. The van der Waals surface area contributed by atoms with Crippen molar-refractivity contribution in [1.29, 1.82) is 5.26 Å². The first-order valence-corrected chi connectivity index (χ1v) is 10.6. The molecule has 28 heavy (non-hydrogen) atoms. The summed E-state index contributed by atoms with van der Waals surface area (Å²) in [5.74, 6) is -0.0671. The van der Waals surface area contributed by atoms with Crippen LogP contribution in [0.1, 0.15) is 29.3 Å². The van der Waals surface area contributed by atoms with E-state index in [1.54, 1.807) is 6.92 Å². The zero-order chi connectivity index (χ0) is 20.1. The predicted molar refractivity (Wildman–Crippen MR) is 113 cm³/mol. The standard InChI is InChI=1S/C20H19N5OS2/c1-4-14-5-7-15(8-6-14)17-10-28-20(22-17)23-18(26)11-27-19-16(9-21)12(2)13(3)24-25-19/h5-8,10H,4,11H2,1-3H3,(H,22,23,26). The fourth-order valence-corrected chi connectivity index (χ4v) is 4.00. The molecule has 0 atom stereocenters. The Morgan fingerprint density at radius 1 is 1.25 bits per heavy atom. The molecule has 1 N–H and O–H groups in total. The Labute approximate surface area is 172 Å². The second-order valence-electron chi connectivity index (χ2n) is 6.13. The highest BCUT2D eigenvalue weighted by molar-refractivity contribution is 8.00. The third kappa shape index (κ3) is 4.55.